The van der Waals surface area contributed by atoms with Gasteiger partial charge in [0.1, 0.15) is 18.4 Å². The van der Waals surface area contributed by atoms with Gasteiger partial charge in [0.2, 0.25) is 0 Å². The Morgan fingerprint density at radius 1 is 1.00 bits per heavy atom. The lowest BCUT2D eigenvalue weighted by molar-refractivity contribution is -0.145. The Morgan fingerprint density at radius 3 is 2.19 bits per heavy atom. The molecule has 0 radical (unpaired) electrons. The van der Waals surface area contributed by atoms with E-state index in [9.17, 15) is 14.4 Å². The Morgan fingerprint density at radius 2 is 1.65 bits per heavy atom. The molecule has 0 spiro atoms. The van der Waals surface area contributed by atoms with Crippen molar-refractivity contribution in [2.45, 2.75) is 80.3 Å². The van der Waals surface area contributed by atoms with Gasteiger partial charge in [0.05, 0.1) is 18.2 Å². The molecule has 7 nitrogen and oxygen atoms in total. The fourth-order valence-electron chi connectivity index (χ4n) is 4.33. The second-order valence-corrected chi connectivity index (χ2v) is 10.7. The standard InChI is InChI=1S/C30H44N2O5/c1-9-36-30(35)22(8)31-18-24(16-20(4)5)32-28(33)26(17-21(6)7)27(29(32)34)23-10-12-25(13-11-23)37-15-14-19(2)3/h10-14,20-22,24,31H,9,15-18H2,1-8H3. The molecule has 1 aromatic rings. The molecule has 1 N–H and O–H groups in total. The SMILES string of the molecule is CCOC(=O)C(C)NCC(CC(C)C)N1C(=O)C(CC(C)C)=C(c2ccc(OCC=C(C)C)cc2)C1=O. The summed E-state index contributed by atoms with van der Waals surface area (Å²) in [5.41, 5.74) is 2.90. The van der Waals surface area contributed by atoms with E-state index in [4.69, 9.17) is 9.47 Å². The van der Waals surface area contributed by atoms with Crippen LogP contribution in [0.3, 0.4) is 0 Å². The number of esters is 1. The molecule has 1 aliphatic rings. The lowest BCUT2D eigenvalue weighted by atomic mass is 9.95. The zero-order chi connectivity index (χ0) is 27.7. The summed E-state index contributed by atoms with van der Waals surface area (Å²) in [7, 11) is 0. The van der Waals surface area contributed by atoms with Gasteiger partial charge in [-0.05, 0) is 76.1 Å². The molecule has 1 aromatic carbocycles. The highest BCUT2D eigenvalue weighted by molar-refractivity contribution is 6.36. The molecule has 2 rings (SSSR count). The molecule has 7 heteroatoms. The van der Waals surface area contributed by atoms with E-state index in [2.05, 4.69) is 19.2 Å². The summed E-state index contributed by atoms with van der Waals surface area (Å²) in [6, 6.07) is 6.44. The maximum Gasteiger partial charge on any atom is 0.322 e. The van der Waals surface area contributed by atoms with Crippen molar-refractivity contribution in [3.8, 4) is 5.75 Å². The van der Waals surface area contributed by atoms with Crippen LogP contribution < -0.4 is 10.1 Å². The zero-order valence-corrected chi connectivity index (χ0v) is 23.7. The Hall–Kier alpha value is -2.93. The number of allylic oxidation sites excluding steroid dienone is 1. The minimum atomic E-state index is -0.538. The second-order valence-electron chi connectivity index (χ2n) is 10.7. The molecule has 37 heavy (non-hydrogen) atoms. The first-order valence-electron chi connectivity index (χ1n) is 13.3. The maximum atomic E-state index is 13.8. The molecule has 204 valence electrons. The Labute approximate surface area is 222 Å². The van der Waals surface area contributed by atoms with Crippen LogP contribution in [0.15, 0.2) is 41.5 Å². The number of hydrogen-bond acceptors (Lipinski definition) is 6. The number of nitrogens with one attached hydrogen (secondary N) is 1. The van der Waals surface area contributed by atoms with Gasteiger partial charge in [-0.25, -0.2) is 0 Å². The van der Waals surface area contributed by atoms with E-state index in [0.29, 0.717) is 55.1 Å². The number of carbonyl (C=O) groups excluding carboxylic acids is 3. The first-order chi connectivity index (χ1) is 17.5. The van der Waals surface area contributed by atoms with E-state index in [1.54, 1.807) is 13.8 Å². The Balaban J connectivity index is 2.34. The minimum Gasteiger partial charge on any atom is -0.490 e. The van der Waals surface area contributed by atoms with Crippen molar-refractivity contribution >= 4 is 23.4 Å². The van der Waals surface area contributed by atoms with Crippen LogP contribution in [-0.2, 0) is 19.1 Å². The van der Waals surface area contributed by atoms with Gasteiger partial charge in [0.15, 0.2) is 0 Å². The van der Waals surface area contributed by atoms with Crippen LogP contribution >= 0.6 is 0 Å². The number of carbonyl (C=O) groups is 3. The fraction of sp³-hybridized carbons (Fsp3) is 0.567. The first kappa shape index (κ1) is 30.3. The molecule has 0 bridgehead atoms. The quantitative estimate of drug-likeness (QED) is 0.211. The molecule has 0 aromatic heterocycles. The van der Waals surface area contributed by atoms with Gasteiger partial charge in [-0.3, -0.25) is 19.3 Å². The lowest BCUT2D eigenvalue weighted by Crippen LogP contribution is -2.50. The highest BCUT2D eigenvalue weighted by atomic mass is 16.5. The van der Waals surface area contributed by atoms with Crippen molar-refractivity contribution in [1.82, 2.24) is 10.2 Å². The molecule has 1 heterocycles. The molecule has 0 aliphatic carbocycles. The van der Waals surface area contributed by atoms with Gasteiger partial charge in [-0.1, -0.05) is 45.4 Å². The first-order valence-corrected chi connectivity index (χ1v) is 13.3. The molecule has 0 fully saturated rings. The van der Waals surface area contributed by atoms with Crippen molar-refractivity contribution in [2.24, 2.45) is 11.8 Å². The summed E-state index contributed by atoms with van der Waals surface area (Å²) in [6.07, 6.45) is 3.13. The summed E-state index contributed by atoms with van der Waals surface area (Å²) in [5, 5.41) is 3.18. The van der Waals surface area contributed by atoms with Crippen molar-refractivity contribution in [3.05, 3.63) is 47.1 Å². The number of nitrogens with zero attached hydrogens (tertiary/aromatic N) is 1. The number of benzene rings is 1. The third-order valence-electron chi connectivity index (χ3n) is 6.12. The molecule has 0 saturated carbocycles. The number of imide groups is 1. The highest BCUT2D eigenvalue weighted by Crippen LogP contribution is 2.35. The average molecular weight is 513 g/mol. The minimum absolute atomic E-state index is 0.207. The van der Waals surface area contributed by atoms with Crippen LogP contribution in [0.4, 0.5) is 0 Å². The third-order valence-corrected chi connectivity index (χ3v) is 6.12. The summed E-state index contributed by atoms with van der Waals surface area (Å²) in [4.78, 5) is 41.1. The van der Waals surface area contributed by atoms with Crippen molar-refractivity contribution in [2.75, 3.05) is 19.8 Å². The molecule has 2 atom stereocenters. The molecular formula is C30H44N2O5. The summed E-state index contributed by atoms with van der Waals surface area (Å²) >= 11 is 0. The predicted octanol–water partition coefficient (Wildman–Crippen LogP) is 5.16. The topological polar surface area (TPSA) is 84.9 Å². The molecule has 2 amide bonds. The van der Waals surface area contributed by atoms with Crippen LogP contribution in [0, 0.1) is 11.8 Å². The number of ether oxygens (including phenoxy) is 2. The van der Waals surface area contributed by atoms with Crippen molar-refractivity contribution in [1.29, 1.82) is 0 Å². The van der Waals surface area contributed by atoms with Gasteiger partial charge in [-0.15, -0.1) is 0 Å². The normalized spacial score (nSPS) is 15.5. The fourth-order valence-corrected chi connectivity index (χ4v) is 4.33. The second kappa shape index (κ2) is 14.1. The van der Waals surface area contributed by atoms with Crippen LogP contribution in [0.25, 0.3) is 5.57 Å². The van der Waals surface area contributed by atoms with Gasteiger partial charge in [0.25, 0.3) is 11.8 Å². The maximum absolute atomic E-state index is 13.8. The molecule has 1 aliphatic heterocycles. The van der Waals surface area contributed by atoms with E-state index in [-0.39, 0.29) is 35.7 Å². The Kier molecular flexibility index (Phi) is 11.6. The van der Waals surface area contributed by atoms with E-state index in [1.165, 1.54) is 10.5 Å². The van der Waals surface area contributed by atoms with Crippen molar-refractivity contribution in [3.63, 3.8) is 0 Å². The summed E-state index contributed by atoms with van der Waals surface area (Å²) in [6.45, 7) is 16.8. The van der Waals surface area contributed by atoms with Gasteiger partial charge in [0, 0.05) is 12.1 Å². The van der Waals surface area contributed by atoms with Crippen LogP contribution in [0.2, 0.25) is 0 Å². The van der Waals surface area contributed by atoms with E-state index in [1.807, 2.05) is 58.0 Å². The largest absolute Gasteiger partial charge is 0.490 e. The number of amides is 2. The zero-order valence-electron chi connectivity index (χ0n) is 23.7. The van der Waals surface area contributed by atoms with E-state index >= 15 is 0 Å². The predicted molar refractivity (Wildman–Crippen MR) is 147 cm³/mol. The van der Waals surface area contributed by atoms with Gasteiger partial charge >= 0.3 is 5.97 Å². The summed E-state index contributed by atoms with van der Waals surface area (Å²) < 4.78 is 10.9. The Bertz CT molecular complexity index is 1000. The van der Waals surface area contributed by atoms with Crippen molar-refractivity contribution < 1.29 is 23.9 Å². The van der Waals surface area contributed by atoms with E-state index in [0.717, 1.165) is 0 Å². The van der Waals surface area contributed by atoms with Gasteiger partial charge < -0.3 is 14.8 Å². The third kappa shape index (κ3) is 8.56. The molecule has 0 saturated heterocycles. The highest BCUT2D eigenvalue weighted by Gasteiger charge is 2.42. The average Bonchev–Trinajstić information content (AvgIpc) is 3.05. The molecular weight excluding hydrogens is 468 g/mol. The van der Waals surface area contributed by atoms with E-state index < -0.39 is 6.04 Å². The smallest absolute Gasteiger partial charge is 0.322 e. The summed E-state index contributed by atoms with van der Waals surface area (Å²) in [5.74, 6) is 0.287. The molecule has 2 unspecified atom stereocenters. The number of hydrogen-bond donors (Lipinski definition) is 1. The van der Waals surface area contributed by atoms with Crippen LogP contribution in [0.5, 0.6) is 5.75 Å². The van der Waals surface area contributed by atoms with Gasteiger partial charge in [-0.2, -0.15) is 0 Å². The monoisotopic (exact) mass is 512 g/mol. The van der Waals surface area contributed by atoms with Crippen LogP contribution in [-0.4, -0.2) is 54.5 Å². The number of rotatable bonds is 14. The lowest BCUT2D eigenvalue weighted by Gasteiger charge is -2.29. The van der Waals surface area contributed by atoms with Crippen LogP contribution in [0.1, 0.15) is 73.8 Å².